The molecule has 7 heteroatoms. The number of nitrogens with zero attached hydrogens (tertiary/aromatic N) is 2. The van der Waals surface area contributed by atoms with Crippen molar-refractivity contribution in [3.63, 3.8) is 0 Å². The van der Waals surface area contributed by atoms with Crippen LogP contribution in [0.5, 0.6) is 0 Å². The maximum absolute atomic E-state index is 12.3. The van der Waals surface area contributed by atoms with Gasteiger partial charge in [-0.05, 0) is 37.0 Å². The lowest BCUT2D eigenvalue weighted by molar-refractivity contribution is 0.0788. The van der Waals surface area contributed by atoms with E-state index in [9.17, 15) is 13.2 Å². The Morgan fingerprint density at radius 1 is 1.29 bits per heavy atom. The fraction of sp³-hybridized carbons (Fsp3) is 0.500. The van der Waals surface area contributed by atoms with Gasteiger partial charge in [-0.25, -0.2) is 8.42 Å². The maximum atomic E-state index is 12.3. The standard InChI is InChI=1S/C14H19ClN2O3S/c1-16(2)12-7-6-11(8-13(12)21(15,19)20)14(18)17(3)9-10-4-5-10/h6-8,10H,4-5,9H2,1-3H3. The summed E-state index contributed by atoms with van der Waals surface area (Å²) in [5.41, 5.74) is 0.800. The predicted octanol–water partition coefficient (Wildman–Crippen LogP) is 2.16. The molecule has 0 N–H and O–H groups in total. The van der Waals surface area contributed by atoms with E-state index in [0.29, 0.717) is 23.7 Å². The molecule has 1 fully saturated rings. The van der Waals surface area contributed by atoms with Crippen LogP contribution in [0, 0.1) is 5.92 Å². The minimum Gasteiger partial charge on any atom is -0.377 e. The van der Waals surface area contributed by atoms with E-state index in [-0.39, 0.29) is 10.8 Å². The summed E-state index contributed by atoms with van der Waals surface area (Å²) in [7, 11) is 6.75. The summed E-state index contributed by atoms with van der Waals surface area (Å²) in [6, 6.07) is 4.59. The SMILES string of the molecule is CN(CC1CC1)C(=O)c1ccc(N(C)C)c(S(=O)(=O)Cl)c1. The molecule has 1 saturated carbocycles. The van der Waals surface area contributed by atoms with Gasteiger partial charge in [-0.3, -0.25) is 4.79 Å². The molecule has 21 heavy (non-hydrogen) atoms. The number of hydrogen-bond donors (Lipinski definition) is 0. The number of halogens is 1. The van der Waals surface area contributed by atoms with E-state index in [1.807, 2.05) is 0 Å². The van der Waals surface area contributed by atoms with Gasteiger partial charge >= 0.3 is 0 Å². The van der Waals surface area contributed by atoms with Crippen LogP contribution in [0.1, 0.15) is 23.2 Å². The number of benzene rings is 1. The Morgan fingerprint density at radius 3 is 2.38 bits per heavy atom. The van der Waals surface area contributed by atoms with Crippen molar-refractivity contribution in [3.8, 4) is 0 Å². The molecule has 0 heterocycles. The third-order valence-corrected chi connectivity index (χ3v) is 4.88. The lowest BCUT2D eigenvalue weighted by Gasteiger charge is -2.19. The monoisotopic (exact) mass is 330 g/mol. The molecule has 0 saturated heterocycles. The Labute approximate surface area is 129 Å². The first-order chi connectivity index (χ1) is 9.70. The Balaban J connectivity index is 2.34. The zero-order valence-electron chi connectivity index (χ0n) is 12.3. The minimum atomic E-state index is -3.91. The molecule has 1 aromatic rings. The fourth-order valence-corrected chi connectivity index (χ4v) is 3.34. The number of carbonyl (C=O) groups excluding carboxylic acids is 1. The highest BCUT2D eigenvalue weighted by Gasteiger charge is 2.26. The molecule has 0 bridgehead atoms. The number of anilines is 1. The van der Waals surface area contributed by atoms with Crippen molar-refractivity contribution in [2.75, 3.05) is 32.6 Å². The van der Waals surface area contributed by atoms with E-state index in [1.165, 1.54) is 6.07 Å². The van der Waals surface area contributed by atoms with Crippen molar-refractivity contribution in [3.05, 3.63) is 23.8 Å². The minimum absolute atomic E-state index is 0.0418. The van der Waals surface area contributed by atoms with Gasteiger partial charge in [-0.15, -0.1) is 0 Å². The molecule has 0 spiro atoms. The van der Waals surface area contributed by atoms with Crippen molar-refractivity contribution in [1.82, 2.24) is 4.90 Å². The van der Waals surface area contributed by atoms with Crippen LogP contribution < -0.4 is 4.90 Å². The van der Waals surface area contributed by atoms with Gasteiger partial charge in [0, 0.05) is 43.9 Å². The average molecular weight is 331 g/mol. The van der Waals surface area contributed by atoms with Gasteiger partial charge in [-0.1, -0.05) is 0 Å². The van der Waals surface area contributed by atoms with E-state index in [2.05, 4.69) is 0 Å². The van der Waals surface area contributed by atoms with Gasteiger partial charge < -0.3 is 9.80 Å². The molecular formula is C14H19ClN2O3S. The molecule has 1 aliphatic rings. The lowest BCUT2D eigenvalue weighted by Crippen LogP contribution is -2.29. The number of amides is 1. The van der Waals surface area contributed by atoms with Crippen LogP contribution in [0.2, 0.25) is 0 Å². The Morgan fingerprint density at radius 2 is 1.90 bits per heavy atom. The van der Waals surface area contributed by atoms with E-state index in [1.54, 1.807) is 43.1 Å². The van der Waals surface area contributed by atoms with Crippen molar-refractivity contribution in [2.24, 2.45) is 5.92 Å². The summed E-state index contributed by atoms with van der Waals surface area (Å²) in [4.78, 5) is 15.6. The molecule has 1 amide bonds. The fourth-order valence-electron chi connectivity index (χ4n) is 2.20. The van der Waals surface area contributed by atoms with Crippen LogP contribution in [0.4, 0.5) is 5.69 Å². The van der Waals surface area contributed by atoms with Crippen LogP contribution in [-0.2, 0) is 9.05 Å². The first kappa shape index (κ1) is 16.1. The molecule has 5 nitrogen and oxygen atoms in total. The zero-order valence-corrected chi connectivity index (χ0v) is 13.9. The summed E-state index contributed by atoms with van der Waals surface area (Å²) in [6.45, 7) is 0.706. The molecular weight excluding hydrogens is 312 g/mol. The molecule has 0 unspecified atom stereocenters. The van der Waals surface area contributed by atoms with E-state index < -0.39 is 9.05 Å². The molecule has 0 atom stereocenters. The summed E-state index contributed by atoms with van der Waals surface area (Å²) in [5.74, 6) is 0.394. The molecule has 0 radical (unpaired) electrons. The first-order valence-corrected chi connectivity index (χ1v) is 9.02. The smallest absolute Gasteiger partial charge is 0.263 e. The zero-order chi connectivity index (χ0) is 15.8. The first-order valence-electron chi connectivity index (χ1n) is 6.71. The summed E-state index contributed by atoms with van der Waals surface area (Å²) in [5, 5.41) is 0. The van der Waals surface area contributed by atoms with Crippen LogP contribution in [0.15, 0.2) is 23.1 Å². The second-order valence-electron chi connectivity index (χ2n) is 5.64. The quantitative estimate of drug-likeness (QED) is 0.776. The van der Waals surface area contributed by atoms with Crippen LogP contribution in [-0.4, -0.2) is 46.9 Å². The summed E-state index contributed by atoms with van der Waals surface area (Å²) in [6.07, 6.45) is 2.30. The normalized spacial score (nSPS) is 14.9. The Bertz CT molecular complexity index is 654. The Hall–Kier alpha value is -1.27. The summed E-state index contributed by atoms with van der Waals surface area (Å²) >= 11 is 0. The molecule has 0 aliphatic heterocycles. The highest BCUT2D eigenvalue weighted by molar-refractivity contribution is 8.13. The van der Waals surface area contributed by atoms with Crippen molar-refractivity contribution in [2.45, 2.75) is 17.7 Å². The largest absolute Gasteiger partial charge is 0.377 e. The van der Waals surface area contributed by atoms with Crippen molar-refractivity contribution >= 4 is 31.3 Å². The lowest BCUT2D eigenvalue weighted by atomic mass is 10.1. The maximum Gasteiger partial charge on any atom is 0.263 e. The van der Waals surface area contributed by atoms with Crippen molar-refractivity contribution in [1.29, 1.82) is 0 Å². The second kappa shape index (κ2) is 5.85. The third kappa shape index (κ3) is 3.89. The van der Waals surface area contributed by atoms with Crippen LogP contribution in [0.3, 0.4) is 0 Å². The topological polar surface area (TPSA) is 57.7 Å². The van der Waals surface area contributed by atoms with E-state index in [0.717, 1.165) is 12.8 Å². The van der Waals surface area contributed by atoms with E-state index in [4.69, 9.17) is 10.7 Å². The average Bonchev–Trinajstić information content (AvgIpc) is 3.19. The second-order valence-corrected chi connectivity index (χ2v) is 8.18. The molecule has 0 aromatic heterocycles. The third-order valence-electron chi connectivity index (χ3n) is 3.53. The van der Waals surface area contributed by atoms with E-state index >= 15 is 0 Å². The van der Waals surface area contributed by atoms with Crippen molar-refractivity contribution < 1.29 is 13.2 Å². The van der Waals surface area contributed by atoms with Gasteiger partial charge in [0.2, 0.25) is 0 Å². The van der Waals surface area contributed by atoms with Gasteiger partial charge in [0.1, 0.15) is 4.90 Å². The number of carbonyl (C=O) groups is 1. The molecule has 2 rings (SSSR count). The Kier molecular flexibility index (Phi) is 4.49. The van der Waals surface area contributed by atoms with Gasteiger partial charge in [0.25, 0.3) is 15.0 Å². The highest BCUT2D eigenvalue weighted by Crippen LogP contribution is 2.31. The predicted molar refractivity (Wildman–Crippen MR) is 83.5 cm³/mol. The number of rotatable bonds is 5. The van der Waals surface area contributed by atoms with Gasteiger partial charge in [0.05, 0.1) is 5.69 Å². The highest BCUT2D eigenvalue weighted by atomic mass is 35.7. The van der Waals surface area contributed by atoms with Crippen LogP contribution >= 0.6 is 10.7 Å². The van der Waals surface area contributed by atoms with Gasteiger partial charge in [-0.2, -0.15) is 0 Å². The molecule has 1 aromatic carbocycles. The number of hydrogen-bond acceptors (Lipinski definition) is 4. The van der Waals surface area contributed by atoms with Gasteiger partial charge in [0.15, 0.2) is 0 Å². The molecule has 1 aliphatic carbocycles. The summed E-state index contributed by atoms with van der Waals surface area (Å²) < 4.78 is 23.4. The van der Waals surface area contributed by atoms with Crippen LogP contribution in [0.25, 0.3) is 0 Å². The molecule has 116 valence electrons.